The van der Waals surface area contributed by atoms with Crippen molar-refractivity contribution < 1.29 is 27.9 Å². The quantitative estimate of drug-likeness (QED) is 0.826. The molecule has 0 fully saturated rings. The first-order valence-corrected chi connectivity index (χ1v) is 7.86. The van der Waals surface area contributed by atoms with Gasteiger partial charge in [-0.2, -0.15) is 0 Å². The maximum atomic E-state index is 14.0. The Hall–Kier alpha value is -2.70. The molecule has 1 aromatic heterocycles. The van der Waals surface area contributed by atoms with Crippen molar-refractivity contribution in [2.75, 3.05) is 0 Å². The predicted octanol–water partition coefficient (Wildman–Crippen LogP) is 3.95. The van der Waals surface area contributed by atoms with Gasteiger partial charge in [0.2, 0.25) is 0 Å². The van der Waals surface area contributed by atoms with E-state index in [1.54, 1.807) is 20.8 Å². The molecule has 1 unspecified atom stereocenters. The first kappa shape index (κ1) is 18.6. The Morgan fingerprint density at radius 1 is 1.24 bits per heavy atom. The number of aromatic carboxylic acids is 1. The van der Waals surface area contributed by atoms with Crippen LogP contribution >= 0.6 is 0 Å². The lowest BCUT2D eigenvalue weighted by Crippen LogP contribution is -2.32. The van der Waals surface area contributed by atoms with Crippen molar-refractivity contribution in [3.05, 3.63) is 58.5 Å². The molecule has 25 heavy (non-hydrogen) atoms. The van der Waals surface area contributed by atoms with Crippen LogP contribution < -0.4 is 5.32 Å². The fraction of sp³-hybridized carbons (Fsp3) is 0.333. The SMILES string of the molecule is CCc1oc(C(=O)NC(c2ccc(F)cc2F)C(C)C)cc1C(=O)O. The van der Waals surface area contributed by atoms with Crippen LogP contribution in [0.3, 0.4) is 0 Å². The standard InChI is InChI=1S/C18H19F2NO4/c1-4-14-12(18(23)24)8-15(25-14)17(22)21-16(9(2)3)11-6-5-10(19)7-13(11)20/h5-9,16H,4H2,1-3H3,(H,21,22)(H,23,24). The summed E-state index contributed by atoms with van der Waals surface area (Å²) in [6.07, 6.45) is 0.315. The van der Waals surface area contributed by atoms with Crippen molar-refractivity contribution in [2.45, 2.75) is 33.2 Å². The maximum absolute atomic E-state index is 14.0. The number of amides is 1. The third kappa shape index (κ3) is 4.04. The number of aryl methyl sites for hydroxylation is 1. The van der Waals surface area contributed by atoms with Gasteiger partial charge in [-0.05, 0) is 12.0 Å². The molecule has 0 aliphatic carbocycles. The number of carbonyl (C=O) groups excluding carboxylic acids is 1. The number of hydrogen-bond acceptors (Lipinski definition) is 3. The molecule has 0 aliphatic rings. The van der Waals surface area contributed by atoms with Gasteiger partial charge in [0, 0.05) is 24.1 Å². The van der Waals surface area contributed by atoms with Crippen LogP contribution in [0.15, 0.2) is 28.7 Å². The number of carbonyl (C=O) groups is 2. The summed E-state index contributed by atoms with van der Waals surface area (Å²) >= 11 is 0. The van der Waals surface area contributed by atoms with Crippen molar-refractivity contribution >= 4 is 11.9 Å². The Morgan fingerprint density at radius 2 is 1.92 bits per heavy atom. The summed E-state index contributed by atoms with van der Waals surface area (Å²) in [5, 5.41) is 11.8. The van der Waals surface area contributed by atoms with Crippen LogP contribution in [0, 0.1) is 17.6 Å². The Balaban J connectivity index is 2.31. The van der Waals surface area contributed by atoms with Gasteiger partial charge in [0.15, 0.2) is 5.76 Å². The minimum absolute atomic E-state index is 0.0818. The normalized spacial score (nSPS) is 12.2. The second-order valence-electron chi connectivity index (χ2n) is 5.97. The lowest BCUT2D eigenvalue weighted by atomic mass is 9.95. The van der Waals surface area contributed by atoms with E-state index in [4.69, 9.17) is 9.52 Å². The number of benzene rings is 1. The zero-order chi connectivity index (χ0) is 18.7. The van der Waals surface area contributed by atoms with Gasteiger partial charge in [0.05, 0.1) is 6.04 Å². The molecule has 0 bridgehead atoms. The van der Waals surface area contributed by atoms with Gasteiger partial charge < -0.3 is 14.8 Å². The van der Waals surface area contributed by atoms with E-state index in [0.717, 1.165) is 18.2 Å². The van der Waals surface area contributed by atoms with Crippen LogP contribution in [0.25, 0.3) is 0 Å². The second-order valence-corrected chi connectivity index (χ2v) is 5.97. The molecule has 1 heterocycles. The first-order chi connectivity index (χ1) is 11.7. The Bertz CT molecular complexity index is 798. The Labute approximate surface area is 143 Å². The highest BCUT2D eigenvalue weighted by molar-refractivity contribution is 5.96. The number of furan rings is 1. The summed E-state index contributed by atoms with van der Waals surface area (Å²) in [6.45, 7) is 5.25. The van der Waals surface area contributed by atoms with E-state index < -0.39 is 29.6 Å². The largest absolute Gasteiger partial charge is 0.478 e. The monoisotopic (exact) mass is 351 g/mol. The highest BCUT2D eigenvalue weighted by Crippen LogP contribution is 2.26. The minimum Gasteiger partial charge on any atom is -0.478 e. The molecule has 0 spiro atoms. The fourth-order valence-corrected chi connectivity index (χ4v) is 2.55. The van der Waals surface area contributed by atoms with Crippen LogP contribution in [-0.4, -0.2) is 17.0 Å². The van der Waals surface area contributed by atoms with Gasteiger partial charge in [0.25, 0.3) is 5.91 Å². The van der Waals surface area contributed by atoms with E-state index >= 15 is 0 Å². The molecular weight excluding hydrogens is 332 g/mol. The number of hydrogen-bond donors (Lipinski definition) is 2. The van der Waals surface area contributed by atoms with Gasteiger partial charge in [-0.15, -0.1) is 0 Å². The van der Waals surface area contributed by atoms with E-state index in [1.165, 1.54) is 6.07 Å². The summed E-state index contributed by atoms with van der Waals surface area (Å²) in [5.41, 5.74) is 0.0622. The molecule has 2 rings (SSSR count). The second kappa shape index (κ2) is 7.46. The topological polar surface area (TPSA) is 79.5 Å². The van der Waals surface area contributed by atoms with Crippen molar-refractivity contribution in [2.24, 2.45) is 5.92 Å². The molecule has 0 saturated carbocycles. The van der Waals surface area contributed by atoms with E-state index in [0.29, 0.717) is 6.42 Å². The number of carboxylic acid groups (broad SMARTS) is 1. The van der Waals surface area contributed by atoms with Crippen LogP contribution in [0.4, 0.5) is 8.78 Å². The summed E-state index contributed by atoms with van der Waals surface area (Å²) in [4.78, 5) is 23.6. The lowest BCUT2D eigenvalue weighted by Gasteiger charge is -2.23. The molecule has 1 aromatic carbocycles. The van der Waals surface area contributed by atoms with Gasteiger partial charge in [-0.3, -0.25) is 4.79 Å². The molecular formula is C18H19F2NO4. The van der Waals surface area contributed by atoms with Gasteiger partial charge in [-0.1, -0.05) is 26.8 Å². The highest BCUT2D eigenvalue weighted by Gasteiger charge is 2.26. The number of rotatable bonds is 6. The summed E-state index contributed by atoms with van der Waals surface area (Å²) < 4.78 is 32.5. The lowest BCUT2D eigenvalue weighted by molar-refractivity contribution is 0.0694. The zero-order valence-electron chi connectivity index (χ0n) is 14.1. The van der Waals surface area contributed by atoms with Crippen molar-refractivity contribution in [1.29, 1.82) is 0 Å². The highest BCUT2D eigenvalue weighted by atomic mass is 19.1. The molecule has 2 aromatic rings. The van der Waals surface area contributed by atoms with Crippen LogP contribution in [0.1, 0.15) is 59.0 Å². The predicted molar refractivity (Wildman–Crippen MR) is 86.4 cm³/mol. The average Bonchev–Trinajstić information content (AvgIpc) is 2.97. The zero-order valence-corrected chi connectivity index (χ0v) is 14.1. The molecule has 2 N–H and O–H groups in total. The van der Waals surface area contributed by atoms with Gasteiger partial charge in [-0.25, -0.2) is 13.6 Å². The molecule has 0 aliphatic heterocycles. The molecule has 134 valence electrons. The van der Waals surface area contributed by atoms with E-state index in [-0.39, 0.29) is 28.6 Å². The number of carboxylic acids is 1. The number of nitrogens with one attached hydrogen (secondary N) is 1. The molecule has 0 radical (unpaired) electrons. The summed E-state index contributed by atoms with van der Waals surface area (Å²) in [6, 6.07) is 3.57. The Morgan fingerprint density at radius 3 is 2.40 bits per heavy atom. The van der Waals surface area contributed by atoms with E-state index in [2.05, 4.69) is 5.32 Å². The van der Waals surface area contributed by atoms with E-state index in [9.17, 15) is 18.4 Å². The Kier molecular flexibility index (Phi) is 5.56. The van der Waals surface area contributed by atoms with Crippen molar-refractivity contribution in [1.82, 2.24) is 5.32 Å². The van der Waals surface area contributed by atoms with Crippen molar-refractivity contribution in [3.8, 4) is 0 Å². The van der Waals surface area contributed by atoms with Crippen LogP contribution in [0.5, 0.6) is 0 Å². The van der Waals surface area contributed by atoms with Gasteiger partial charge in [0.1, 0.15) is 23.0 Å². The minimum atomic E-state index is -1.19. The molecule has 1 atom stereocenters. The smallest absolute Gasteiger partial charge is 0.339 e. The first-order valence-electron chi connectivity index (χ1n) is 7.86. The molecule has 7 heteroatoms. The van der Waals surface area contributed by atoms with E-state index in [1.807, 2.05) is 0 Å². The van der Waals surface area contributed by atoms with Crippen LogP contribution in [-0.2, 0) is 6.42 Å². The maximum Gasteiger partial charge on any atom is 0.339 e. The molecule has 0 saturated heterocycles. The van der Waals surface area contributed by atoms with Crippen LogP contribution in [0.2, 0.25) is 0 Å². The third-order valence-electron chi connectivity index (χ3n) is 3.84. The summed E-state index contributed by atoms with van der Waals surface area (Å²) in [5.74, 6) is -3.49. The fourth-order valence-electron chi connectivity index (χ4n) is 2.55. The number of halogens is 2. The molecule has 5 nitrogen and oxygen atoms in total. The average molecular weight is 351 g/mol. The third-order valence-corrected chi connectivity index (χ3v) is 3.84. The van der Waals surface area contributed by atoms with Gasteiger partial charge >= 0.3 is 5.97 Å². The summed E-state index contributed by atoms with van der Waals surface area (Å²) in [7, 11) is 0. The molecule has 1 amide bonds. The van der Waals surface area contributed by atoms with Crippen molar-refractivity contribution in [3.63, 3.8) is 0 Å².